The summed E-state index contributed by atoms with van der Waals surface area (Å²) in [5.41, 5.74) is 2.89. The summed E-state index contributed by atoms with van der Waals surface area (Å²) in [6, 6.07) is 9.28. The topological polar surface area (TPSA) is 12.0 Å². The zero-order valence-corrected chi connectivity index (χ0v) is 12.5. The molecule has 102 valence electrons. The number of rotatable bonds is 3. The SMILES string of the molecule is CC(C)Cc1ccc(C2C=CC(C)(C)C=CN2)cc1. The van der Waals surface area contributed by atoms with Gasteiger partial charge in [-0.3, -0.25) is 0 Å². The highest BCUT2D eigenvalue weighted by molar-refractivity contribution is 5.30. The van der Waals surface area contributed by atoms with E-state index in [1.54, 1.807) is 0 Å². The molecule has 0 spiro atoms. The van der Waals surface area contributed by atoms with Crippen LogP contribution in [0.2, 0.25) is 0 Å². The molecule has 1 atom stereocenters. The molecular weight excluding hydrogens is 230 g/mol. The Bertz CT molecular complexity index is 463. The van der Waals surface area contributed by atoms with E-state index in [9.17, 15) is 0 Å². The molecule has 1 heteroatoms. The van der Waals surface area contributed by atoms with Gasteiger partial charge in [-0.15, -0.1) is 0 Å². The summed E-state index contributed by atoms with van der Waals surface area (Å²) >= 11 is 0. The first-order valence-corrected chi connectivity index (χ1v) is 7.18. The molecular formula is C18H25N. The molecule has 1 N–H and O–H groups in total. The van der Waals surface area contributed by atoms with E-state index in [-0.39, 0.29) is 11.5 Å². The zero-order valence-electron chi connectivity index (χ0n) is 12.5. The molecule has 2 rings (SSSR count). The third-order valence-electron chi connectivity index (χ3n) is 3.49. The number of hydrogen-bond donors (Lipinski definition) is 1. The lowest BCUT2D eigenvalue weighted by Crippen LogP contribution is -2.12. The van der Waals surface area contributed by atoms with Crippen LogP contribution < -0.4 is 5.32 Å². The third-order valence-corrected chi connectivity index (χ3v) is 3.49. The summed E-state index contributed by atoms with van der Waals surface area (Å²) in [5, 5.41) is 3.45. The maximum Gasteiger partial charge on any atom is 0.0692 e. The largest absolute Gasteiger partial charge is 0.381 e. The average Bonchev–Trinajstić information content (AvgIpc) is 2.51. The molecule has 1 aromatic carbocycles. The first-order valence-electron chi connectivity index (χ1n) is 7.18. The van der Waals surface area contributed by atoms with Gasteiger partial charge < -0.3 is 5.32 Å². The molecule has 1 aliphatic heterocycles. The molecule has 0 aliphatic carbocycles. The van der Waals surface area contributed by atoms with Gasteiger partial charge in [0.15, 0.2) is 0 Å². The Balaban J connectivity index is 2.12. The Morgan fingerprint density at radius 3 is 2.42 bits per heavy atom. The van der Waals surface area contributed by atoms with Crippen molar-refractivity contribution < 1.29 is 0 Å². The first kappa shape index (κ1) is 13.9. The summed E-state index contributed by atoms with van der Waals surface area (Å²) in [5.74, 6) is 0.713. The van der Waals surface area contributed by atoms with Gasteiger partial charge in [-0.2, -0.15) is 0 Å². The fourth-order valence-corrected chi connectivity index (χ4v) is 2.36. The van der Waals surface area contributed by atoms with Crippen LogP contribution >= 0.6 is 0 Å². The van der Waals surface area contributed by atoms with Crippen molar-refractivity contribution in [3.8, 4) is 0 Å². The molecule has 0 saturated heterocycles. The normalized spacial score (nSPS) is 21.2. The van der Waals surface area contributed by atoms with Crippen LogP contribution in [0.3, 0.4) is 0 Å². The molecule has 0 radical (unpaired) electrons. The van der Waals surface area contributed by atoms with Crippen LogP contribution in [-0.4, -0.2) is 0 Å². The monoisotopic (exact) mass is 255 g/mol. The van der Waals surface area contributed by atoms with Crippen molar-refractivity contribution in [2.75, 3.05) is 0 Å². The Hall–Kier alpha value is -1.50. The molecule has 0 saturated carbocycles. The molecule has 0 fully saturated rings. The molecule has 0 amide bonds. The fraction of sp³-hybridized carbons (Fsp3) is 0.444. The summed E-state index contributed by atoms with van der Waals surface area (Å²) < 4.78 is 0. The Morgan fingerprint density at radius 1 is 1.11 bits per heavy atom. The minimum atomic E-state index is 0.138. The first-order chi connectivity index (χ1) is 8.96. The van der Waals surface area contributed by atoms with E-state index in [2.05, 4.69) is 81.7 Å². The molecule has 1 aromatic rings. The second-order valence-electron chi connectivity index (χ2n) is 6.50. The van der Waals surface area contributed by atoms with E-state index in [0.717, 1.165) is 6.42 Å². The van der Waals surface area contributed by atoms with Crippen LogP contribution in [0, 0.1) is 11.3 Å². The van der Waals surface area contributed by atoms with Gasteiger partial charge >= 0.3 is 0 Å². The van der Waals surface area contributed by atoms with Gasteiger partial charge in [-0.25, -0.2) is 0 Å². The number of hydrogen-bond acceptors (Lipinski definition) is 1. The van der Waals surface area contributed by atoms with Crippen molar-refractivity contribution >= 4 is 0 Å². The maximum atomic E-state index is 3.45. The van der Waals surface area contributed by atoms with Crippen molar-refractivity contribution in [2.24, 2.45) is 11.3 Å². The smallest absolute Gasteiger partial charge is 0.0692 e. The lowest BCUT2D eigenvalue weighted by molar-refractivity contribution is 0.626. The Kier molecular flexibility index (Phi) is 4.14. The lowest BCUT2D eigenvalue weighted by Gasteiger charge is -2.14. The minimum Gasteiger partial charge on any atom is -0.381 e. The van der Waals surface area contributed by atoms with Gasteiger partial charge in [0.25, 0.3) is 0 Å². The van der Waals surface area contributed by atoms with Gasteiger partial charge in [-0.05, 0) is 29.7 Å². The molecule has 1 aliphatic rings. The highest BCUT2D eigenvalue weighted by Crippen LogP contribution is 2.25. The maximum absolute atomic E-state index is 3.45. The van der Waals surface area contributed by atoms with E-state index in [4.69, 9.17) is 0 Å². The van der Waals surface area contributed by atoms with Crippen LogP contribution in [0.5, 0.6) is 0 Å². The summed E-state index contributed by atoms with van der Waals surface area (Å²) in [6.45, 7) is 8.96. The van der Waals surface area contributed by atoms with Crippen LogP contribution in [0.4, 0.5) is 0 Å². The van der Waals surface area contributed by atoms with E-state index < -0.39 is 0 Å². The summed E-state index contributed by atoms with van der Waals surface area (Å²) in [6.07, 6.45) is 9.97. The fourth-order valence-electron chi connectivity index (χ4n) is 2.36. The van der Waals surface area contributed by atoms with Gasteiger partial charge in [-0.1, -0.05) is 70.2 Å². The minimum absolute atomic E-state index is 0.138. The summed E-state index contributed by atoms with van der Waals surface area (Å²) in [4.78, 5) is 0. The van der Waals surface area contributed by atoms with E-state index >= 15 is 0 Å². The highest BCUT2D eigenvalue weighted by Gasteiger charge is 2.15. The lowest BCUT2D eigenvalue weighted by atomic mass is 9.92. The highest BCUT2D eigenvalue weighted by atomic mass is 14.9. The van der Waals surface area contributed by atoms with Crippen molar-refractivity contribution in [2.45, 2.75) is 40.2 Å². The van der Waals surface area contributed by atoms with Gasteiger partial charge in [0, 0.05) is 5.41 Å². The zero-order chi connectivity index (χ0) is 13.9. The number of nitrogens with one attached hydrogen (secondary N) is 1. The van der Waals surface area contributed by atoms with E-state index in [0.29, 0.717) is 5.92 Å². The van der Waals surface area contributed by atoms with Gasteiger partial charge in [0.1, 0.15) is 0 Å². The van der Waals surface area contributed by atoms with E-state index in [1.807, 2.05) is 0 Å². The van der Waals surface area contributed by atoms with Crippen LogP contribution in [0.25, 0.3) is 0 Å². The Labute approximate surface area is 117 Å². The Morgan fingerprint density at radius 2 is 1.79 bits per heavy atom. The molecule has 1 heterocycles. The van der Waals surface area contributed by atoms with Crippen LogP contribution in [0.15, 0.2) is 48.7 Å². The van der Waals surface area contributed by atoms with Crippen molar-refractivity contribution in [3.63, 3.8) is 0 Å². The number of allylic oxidation sites excluding steroid dienone is 2. The second-order valence-corrected chi connectivity index (χ2v) is 6.50. The molecule has 1 unspecified atom stereocenters. The van der Waals surface area contributed by atoms with E-state index in [1.165, 1.54) is 11.1 Å². The molecule has 0 aromatic heterocycles. The molecule has 19 heavy (non-hydrogen) atoms. The molecule has 0 bridgehead atoms. The average molecular weight is 255 g/mol. The molecule has 1 nitrogen and oxygen atoms in total. The van der Waals surface area contributed by atoms with Crippen molar-refractivity contribution in [3.05, 3.63) is 59.8 Å². The van der Waals surface area contributed by atoms with Crippen molar-refractivity contribution in [1.82, 2.24) is 5.32 Å². The van der Waals surface area contributed by atoms with Crippen LogP contribution in [-0.2, 0) is 6.42 Å². The van der Waals surface area contributed by atoms with Crippen molar-refractivity contribution in [1.29, 1.82) is 0 Å². The predicted octanol–water partition coefficient (Wildman–Crippen LogP) is 4.63. The third kappa shape index (κ3) is 3.99. The summed E-state index contributed by atoms with van der Waals surface area (Å²) in [7, 11) is 0. The predicted molar refractivity (Wildman–Crippen MR) is 82.9 cm³/mol. The standard InChI is InChI=1S/C18H25N/c1-14(2)13-15-5-7-16(8-6-15)17-9-10-18(3,4)11-12-19-17/h5-12,14,17,19H,13H2,1-4H3. The quantitative estimate of drug-likeness (QED) is 0.777. The second kappa shape index (κ2) is 5.64. The van der Waals surface area contributed by atoms with Crippen LogP contribution in [0.1, 0.15) is 44.9 Å². The number of benzene rings is 1. The van der Waals surface area contributed by atoms with Gasteiger partial charge in [0.05, 0.1) is 6.04 Å². The van der Waals surface area contributed by atoms with Gasteiger partial charge in [0.2, 0.25) is 0 Å².